The molecule has 1 fully saturated rings. The molecule has 1 saturated heterocycles. The molecule has 1 aromatic carbocycles. The fraction of sp³-hybridized carbons (Fsp3) is 0.429. The van der Waals surface area contributed by atoms with E-state index in [9.17, 15) is 0 Å². The molecule has 0 N–H and O–H groups in total. The van der Waals surface area contributed by atoms with Gasteiger partial charge in [-0.05, 0) is 18.4 Å². The van der Waals surface area contributed by atoms with Crippen molar-refractivity contribution >= 4 is 0 Å². The van der Waals surface area contributed by atoms with Crippen molar-refractivity contribution < 1.29 is 4.74 Å². The first-order valence-electron chi connectivity index (χ1n) is 5.82. The van der Waals surface area contributed by atoms with E-state index in [4.69, 9.17) is 15.3 Å². The number of hydrogen-bond donors (Lipinski definition) is 0. The molecule has 3 nitrogen and oxygen atoms in total. The molecule has 1 heterocycles. The second kappa shape index (κ2) is 5.48. The Morgan fingerprint density at radius 2 is 1.88 bits per heavy atom. The van der Waals surface area contributed by atoms with Gasteiger partial charge in [0.05, 0.1) is 18.2 Å². The molecule has 86 valence electrons. The van der Waals surface area contributed by atoms with Gasteiger partial charge in [0.15, 0.2) is 0 Å². The molecule has 17 heavy (non-hydrogen) atoms. The third-order valence-corrected chi connectivity index (χ3v) is 3.19. The van der Waals surface area contributed by atoms with E-state index in [2.05, 4.69) is 12.1 Å². The van der Waals surface area contributed by atoms with Crippen LogP contribution in [0.3, 0.4) is 0 Å². The molecule has 0 amide bonds. The first kappa shape index (κ1) is 11.6. The molecule has 0 aromatic heterocycles. The minimum atomic E-state index is -0.638. The number of nitriles is 2. The van der Waals surface area contributed by atoms with E-state index in [0.29, 0.717) is 0 Å². The fourth-order valence-corrected chi connectivity index (χ4v) is 2.37. The molecule has 0 bridgehead atoms. The average Bonchev–Trinajstić information content (AvgIpc) is 2.90. The number of hydrogen-bond acceptors (Lipinski definition) is 3. The molecule has 0 saturated carbocycles. The van der Waals surface area contributed by atoms with E-state index in [1.54, 1.807) is 0 Å². The first-order chi connectivity index (χ1) is 8.36. The van der Waals surface area contributed by atoms with Gasteiger partial charge < -0.3 is 4.74 Å². The SMILES string of the molecule is N#CC(C#N)C(c1ccccc1)C1CCCO1. The van der Waals surface area contributed by atoms with Crippen LogP contribution in [0.2, 0.25) is 0 Å². The Morgan fingerprint density at radius 3 is 2.41 bits per heavy atom. The minimum absolute atomic E-state index is 0.00157. The molecule has 0 spiro atoms. The van der Waals surface area contributed by atoms with E-state index in [0.717, 1.165) is 25.0 Å². The predicted molar refractivity (Wildman–Crippen MR) is 62.9 cm³/mol. The highest BCUT2D eigenvalue weighted by atomic mass is 16.5. The summed E-state index contributed by atoms with van der Waals surface area (Å²) in [7, 11) is 0. The lowest BCUT2D eigenvalue weighted by Gasteiger charge is -2.23. The van der Waals surface area contributed by atoms with Crippen LogP contribution in [0, 0.1) is 28.6 Å². The first-order valence-corrected chi connectivity index (χ1v) is 5.82. The van der Waals surface area contributed by atoms with Gasteiger partial charge in [-0.3, -0.25) is 0 Å². The monoisotopic (exact) mass is 226 g/mol. The van der Waals surface area contributed by atoms with Crippen molar-refractivity contribution in [1.82, 2.24) is 0 Å². The van der Waals surface area contributed by atoms with E-state index in [-0.39, 0.29) is 12.0 Å². The molecule has 0 aliphatic carbocycles. The zero-order valence-electron chi connectivity index (χ0n) is 9.54. The van der Waals surface area contributed by atoms with Crippen LogP contribution in [0.5, 0.6) is 0 Å². The van der Waals surface area contributed by atoms with Gasteiger partial charge in [0, 0.05) is 12.5 Å². The molecule has 2 unspecified atom stereocenters. The molecule has 3 heteroatoms. The summed E-state index contributed by atoms with van der Waals surface area (Å²) in [5.41, 5.74) is 1.02. The summed E-state index contributed by atoms with van der Waals surface area (Å²) in [4.78, 5) is 0. The fourth-order valence-electron chi connectivity index (χ4n) is 2.37. The molecular weight excluding hydrogens is 212 g/mol. The topological polar surface area (TPSA) is 56.8 Å². The van der Waals surface area contributed by atoms with Gasteiger partial charge in [-0.25, -0.2) is 0 Å². The molecular formula is C14H14N2O. The van der Waals surface area contributed by atoms with Crippen LogP contribution in [0.4, 0.5) is 0 Å². The van der Waals surface area contributed by atoms with Gasteiger partial charge in [0.25, 0.3) is 0 Å². The second-order valence-corrected chi connectivity index (χ2v) is 4.22. The molecule has 1 aliphatic heterocycles. The molecule has 1 aliphatic rings. The van der Waals surface area contributed by atoms with Crippen molar-refractivity contribution in [2.24, 2.45) is 5.92 Å². The lowest BCUT2D eigenvalue weighted by atomic mass is 9.82. The van der Waals surface area contributed by atoms with Gasteiger partial charge in [-0.2, -0.15) is 10.5 Å². The summed E-state index contributed by atoms with van der Waals surface area (Å²) in [5.74, 6) is -0.769. The largest absolute Gasteiger partial charge is 0.377 e. The van der Waals surface area contributed by atoms with Crippen molar-refractivity contribution in [3.05, 3.63) is 35.9 Å². The van der Waals surface area contributed by atoms with Crippen LogP contribution in [-0.2, 0) is 4.74 Å². The number of rotatable bonds is 3. The Hall–Kier alpha value is -1.84. The summed E-state index contributed by atoms with van der Waals surface area (Å²) < 4.78 is 5.65. The van der Waals surface area contributed by atoms with Gasteiger partial charge in [0.2, 0.25) is 0 Å². The van der Waals surface area contributed by atoms with Crippen molar-refractivity contribution in [1.29, 1.82) is 10.5 Å². The number of ether oxygens (including phenoxy) is 1. The number of benzene rings is 1. The average molecular weight is 226 g/mol. The van der Waals surface area contributed by atoms with Crippen LogP contribution in [0.15, 0.2) is 30.3 Å². The number of nitrogens with zero attached hydrogens (tertiary/aromatic N) is 2. The maximum atomic E-state index is 9.09. The van der Waals surface area contributed by atoms with Crippen molar-refractivity contribution in [2.75, 3.05) is 6.61 Å². The van der Waals surface area contributed by atoms with Gasteiger partial charge in [-0.15, -0.1) is 0 Å². The zero-order valence-corrected chi connectivity index (χ0v) is 9.54. The van der Waals surface area contributed by atoms with Crippen LogP contribution in [0.1, 0.15) is 24.3 Å². The van der Waals surface area contributed by atoms with E-state index in [1.807, 2.05) is 30.3 Å². The Labute approximate surface area is 101 Å². The van der Waals surface area contributed by atoms with Crippen LogP contribution >= 0.6 is 0 Å². The summed E-state index contributed by atoms with van der Waals surface area (Å²) >= 11 is 0. The highest BCUT2D eigenvalue weighted by Gasteiger charge is 2.33. The second-order valence-electron chi connectivity index (χ2n) is 4.22. The van der Waals surface area contributed by atoms with E-state index in [1.165, 1.54) is 0 Å². The lowest BCUT2D eigenvalue weighted by molar-refractivity contribution is 0.0828. The Kier molecular flexibility index (Phi) is 3.75. The van der Waals surface area contributed by atoms with E-state index >= 15 is 0 Å². The van der Waals surface area contributed by atoms with E-state index < -0.39 is 5.92 Å². The third kappa shape index (κ3) is 2.46. The van der Waals surface area contributed by atoms with Gasteiger partial charge >= 0.3 is 0 Å². The molecule has 0 radical (unpaired) electrons. The Balaban J connectivity index is 2.31. The molecule has 1 aromatic rings. The Morgan fingerprint density at radius 1 is 1.18 bits per heavy atom. The van der Waals surface area contributed by atoms with Crippen molar-refractivity contribution in [2.45, 2.75) is 24.9 Å². The maximum Gasteiger partial charge on any atom is 0.142 e. The maximum absolute atomic E-state index is 9.09. The highest BCUT2D eigenvalue weighted by Crippen LogP contribution is 2.34. The summed E-state index contributed by atoms with van der Waals surface area (Å²) in [6.45, 7) is 0.734. The third-order valence-electron chi connectivity index (χ3n) is 3.19. The molecule has 2 rings (SSSR count). The smallest absolute Gasteiger partial charge is 0.142 e. The summed E-state index contributed by atoms with van der Waals surface area (Å²) in [6.07, 6.45) is 1.94. The molecule has 2 atom stereocenters. The normalized spacial score (nSPS) is 20.8. The summed E-state index contributed by atoms with van der Waals surface area (Å²) in [6, 6.07) is 13.9. The van der Waals surface area contributed by atoms with Crippen LogP contribution < -0.4 is 0 Å². The van der Waals surface area contributed by atoms with Crippen LogP contribution in [0.25, 0.3) is 0 Å². The van der Waals surface area contributed by atoms with Gasteiger partial charge in [-0.1, -0.05) is 30.3 Å². The zero-order chi connectivity index (χ0) is 12.1. The Bertz CT molecular complexity index is 424. The lowest BCUT2D eigenvalue weighted by Crippen LogP contribution is -2.24. The minimum Gasteiger partial charge on any atom is -0.377 e. The van der Waals surface area contributed by atoms with Crippen molar-refractivity contribution in [3.63, 3.8) is 0 Å². The van der Waals surface area contributed by atoms with Crippen LogP contribution in [-0.4, -0.2) is 12.7 Å². The summed E-state index contributed by atoms with van der Waals surface area (Å²) in [5, 5.41) is 18.2. The van der Waals surface area contributed by atoms with Crippen molar-refractivity contribution in [3.8, 4) is 12.1 Å². The predicted octanol–water partition coefficient (Wildman–Crippen LogP) is 2.61. The quantitative estimate of drug-likeness (QED) is 0.796. The standard InChI is InChI=1S/C14H14N2O/c15-9-12(10-16)14(13-7-4-8-17-13)11-5-2-1-3-6-11/h1-3,5-6,12-14H,4,7-8H2. The van der Waals surface area contributed by atoms with Gasteiger partial charge in [0.1, 0.15) is 5.92 Å². The highest BCUT2D eigenvalue weighted by molar-refractivity contribution is 5.26.